The Morgan fingerprint density at radius 2 is 0.704 bits per heavy atom. The van der Waals surface area contributed by atoms with Gasteiger partial charge in [0.2, 0.25) is 0 Å². The molecule has 13 aromatic carbocycles. The fourth-order valence-electron chi connectivity index (χ4n) is 22.9. The molecule has 2 heterocycles. The average Bonchev–Trinajstić information content (AvgIpc) is 1.52. The number of hydrogen-bond donors (Lipinski definition) is 0. The van der Waals surface area contributed by atoms with Gasteiger partial charge in [-0.05, 0) is 211 Å². The van der Waals surface area contributed by atoms with Gasteiger partial charge < -0.3 is 13.7 Å². The van der Waals surface area contributed by atoms with Crippen molar-refractivity contribution in [3.05, 3.63) is 351 Å². The standard InChI is InChI=1S/C112H111NO2/c1-7-11-15-19-41-67-109(68-42-20-16-12-8-2)91-56-38-35-53-85(91)103-104-88-55-37-40-58-99(88)115-108(104)105-86-63-61-82(72-93(86)110(107(105)106(103)109,69-43-21-17-13-9-3)70-44-22-18-14-10-4)113(97-65-59-76(5)71-77(97)6)83-60-62-84-89-74-96-90(75-95(89)112(94(84)73-83,80-49-31-25-32-50-80)81-51-33-26-34-52-81)101-92(64-66-100-102(101)87-54-36-39-57-98(87)114-100)111(96,78-45-27-23-28-46-78)79-47-29-24-30-48-79/h23-40,45-66,71-75H,7-22,41-44,67-70H2,1-6H3. The van der Waals surface area contributed by atoms with E-state index in [9.17, 15) is 0 Å². The van der Waals surface area contributed by atoms with Crippen LogP contribution >= 0.6 is 0 Å². The molecule has 0 atom stereocenters. The van der Waals surface area contributed by atoms with Gasteiger partial charge in [0.05, 0.1) is 10.8 Å². The number of anilines is 3. The lowest BCUT2D eigenvalue weighted by atomic mass is 9.62. The Morgan fingerprint density at radius 3 is 1.25 bits per heavy atom. The summed E-state index contributed by atoms with van der Waals surface area (Å²) in [6.07, 6.45) is 29.4. The molecular weight excluding hydrogens is 1390 g/mol. The first kappa shape index (κ1) is 74.4. The third-order valence-electron chi connectivity index (χ3n) is 27.9. The second kappa shape index (κ2) is 31.1. The third kappa shape index (κ3) is 11.9. The highest BCUT2D eigenvalue weighted by Gasteiger charge is 2.56. The summed E-state index contributed by atoms with van der Waals surface area (Å²) in [4.78, 5) is 2.69. The van der Waals surface area contributed by atoms with E-state index in [0.29, 0.717) is 0 Å². The number of benzene rings is 13. The highest BCUT2D eigenvalue weighted by atomic mass is 16.3. The molecule has 0 N–H and O–H groups in total. The van der Waals surface area contributed by atoms with Gasteiger partial charge in [0.25, 0.3) is 0 Å². The molecule has 0 radical (unpaired) electrons. The van der Waals surface area contributed by atoms with Crippen LogP contribution in [0.15, 0.2) is 282 Å². The molecule has 115 heavy (non-hydrogen) atoms. The van der Waals surface area contributed by atoms with Crippen LogP contribution in [0, 0.1) is 13.8 Å². The Labute approximate surface area is 682 Å². The fourth-order valence-corrected chi connectivity index (χ4v) is 22.9. The van der Waals surface area contributed by atoms with E-state index in [-0.39, 0.29) is 10.8 Å². The smallest absolute Gasteiger partial charge is 0.144 e. The van der Waals surface area contributed by atoms with Gasteiger partial charge in [-0.2, -0.15) is 0 Å². The number of rotatable bonds is 31. The highest BCUT2D eigenvalue weighted by Crippen LogP contribution is 2.69. The first-order valence-electron chi connectivity index (χ1n) is 44.4. The predicted octanol–water partition coefficient (Wildman–Crippen LogP) is 32.3. The molecule has 15 aromatic rings. The predicted molar refractivity (Wildman–Crippen MR) is 486 cm³/mol. The van der Waals surface area contributed by atoms with E-state index in [1.165, 1.54) is 256 Å². The maximum Gasteiger partial charge on any atom is 0.144 e. The molecule has 3 heteroatoms. The van der Waals surface area contributed by atoms with Crippen LogP contribution in [0.4, 0.5) is 17.1 Å². The normalized spacial score (nSPS) is 14.6. The van der Waals surface area contributed by atoms with Crippen LogP contribution in [-0.4, -0.2) is 0 Å². The highest BCUT2D eigenvalue weighted by molar-refractivity contribution is 6.21. The van der Waals surface area contributed by atoms with Gasteiger partial charge in [-0.15, -0.1) is 0 Å². The Balaban J connectivity index is 0.886. The summed E-state index contributed by atoms with van der Waals surface area (Å²) in [6, 6.07) is 106. The van der Waals surface area contributed by atoms with Gasteiger partial charge in [0, 0.05) is 55.0 Å². The number of para-hydroxylation sites is 2. The minimum atomic E-state index is -0.776. The van der Waals surface area contributed by atoms with E-state index in [0.717, 1.165) is 64.5 Å². The zero-order valence-corrected chi connectivity index (χ0v) is 68.7. The van der Waals surface area contributed by atoms with Gasteiger partial charge in [-0.25, -0.2) is 0 Å². The first-order valence-corrected chi connectivity index (χ1v) is 44.4. The van der Waals surface area contributed by atoms with Crippen molar-refractivity contribution in [3.8, 4) is 44.5 Å². The number of unbranched alkanes of at least 4 members (excludes halogenated alkanes) is 16. The zero-order valence-electron chi connectivity index (χ0n) is 68.7. The van der Waals surface area contributed by atoms with Gasteiger partial charge in [-0.1, -0.05) is 374 Å². The molecule has 576 valence electrons. The Morgan fingerprint density at radius 1 is 0.278 bits per heavy atom. The maximum atomic E-state index is 7.74. The number of aryl methyl sites for hydroxylation is 2. The Hall–Kier alpha value is -10.7. The molecular formula is C112H111NO2. The molecule has 0 bridgehead atoms. The van der Waals surface area contributed by atoms with Crippen molar-refractivity contribution in [3.63, 3.8) is 0 Å². The molecule has 2 aromatic heterocycles. The number of nitrogens with zero attached hydrogens (tertiary/aromatic N) is 1. The molecule has 4 aliphatic rings. The molecule has 19 rings (SSSR count). The van der Waals surface area contributed by atoms with Crippen LogP contribution in [0.3, 0.4) is 0 Å². The topological polar surface area (TPSA) is 29.5 Å². The van der Waals surface area contributed by atoms with E-state index in [1.54, 1.807) is 16.7 Å². The van der Waals surface area contributed by atoms with Gasteiger partial charge in [-0.3, -0.25) is 0 Å². The maximum absolute atomic E-state index is 7.74. The van der Waals surface area contributed by atoms with Crippen molar-refractivity contribution in [2.24, 2.45) is 0 Å². The summed E-state index contributed by atoms with van der Waals surface area (Å²) >= 11 is 0. The largest absolute Gasteiger partial charge is 0.456 e. The minimum absolute atomic E-state index is 0.174. The summed E-state index contributed by atoms with van der Waals surface area (Å²) < 4.78 is 14.7. The molecule has 0 aliphatic heterocycles. The lowest BCUT2D eigenvalue weighted by Gasteiger charge is -2.40. The molecule has 0 fully saturated rings. The van der Waals surface area contributed by atoms with E-state index in [1.807, 2.05) is 0 Å². The number of furan rings is 2. The van der Waals surface area contributed by atoms with Gasteiger partial charge in [0.15, 0.2) is 0 Å². The van der Waals surface area contributed by atoms with Crippen LogP contribution in [-0.2, 0) is 21.7 Å². The molecule has 0 saturated heterocycles. The molecule has 4 aliphatic carbocycles. The van der Waals surface area contributed by atoms with Crippen LogP contribution in [0.1, 0.15) is 260 Å². The molecule has 0 spiro atoms. The summed E-state index contributed by atoms with van der Waals surface area (Å²) in [5.74, 6) is 0. The van der Waals surface area contributed by atoms with Crippen molar-refractivity contribution in [2.45, 2.75) is 217 Å². The summed E-state index contributed by atoms with van der Waals surface area (Å²) in [6.45, 7) is 14.1. The summed E-state index contributed by atoms with van der Waals surface area (Å²) in [7, 11) is 0. The Bertz CT molecular complexity index is 5980. The van der Waals surface area contributed by atoms with Crippen molar-refractivity contribution < 1.29 is 8.83 Å². The summed E-state index contributed by atoms with van der Waals surface area (Å²) in [5, 5.41) is 4.87. The van der Waals surface area contributed by atoms with E-state index in [4.69, 9.17) is 8.83 Å². The second-order valence-corrected chi connectivity index (χ2v) is 34.6. The van der Waals surface area contributed by atoms with Crippen molar-refractivity contribution >= 4 is 60.9 Å². The third-order valence-corrected chi connectivity index (χ3v) is 27.9. The number of hydrogen-bond acceptors (Lipinski definition) is 3. The van der Waals surface area contributed by atoms with Crippen LogP contribution < -0.4 is 4.90 Å². The fraction of sp³-hybridized carbons (Fsp3) is 0.304. The van der Waals surface area contributed by atoms with Crippen molar-refractivity contribution in [1.82, 2.24) is 0 Å². The molecule has 3 nitrogen and oxygen atoms in total. The van der Waals surface area contributed by atoms with Crippen LogP contribution in [0.2, 0.25) is 0 Å². The molecule has 0 amide bonds. The number of fused-ring (bicyclic) bond motifs is 22. The SMILES string of the molecule is CCCCCCCC1(CCCCCCC)c2cc(N(c3ccc4c(c3)C(c3ccccc3)(c3ccccc3)c3cc5c(cc3-4)C(c3ccccc3)(c3ccccc3)c3ccc4oc6ccccc6c4c3-5)c3ccc(C)cc3C)ccc2-c2c1c1c(c3c2oc2ccccc23)-c2ccccc2C1(CCCCCCC)CCCCCCC. The van der Waals surface area contributed by atoms with E-state index >= 15 is 0 Å². The minimum Gasteiger partial charge on any atom is -0.456 e. The molecule has 0 saturated carbocycles. The first-order chi connectivity index (χ1) is 56.7. The van der Waals surface area contributed by atoms with Crippen LogP contribution in [0.25, 0.3) is 88.4 Å². The average molecular weight is 1500 g/mol. The quantitative estimate of drug-likeness (QED) is 0.0406. The van der Waals surface area contributed by atoms with Crippen molar-refractivity contribution in [1.29, 1.82) is 0 Å². The van der Waals surface area contributed by atoms with E-state index < -0.39 is 10.8 Å². The van der Waals surface area contributed by atoms with Gasteiger partial charge in [0.1, 0.15) is 22.3 Å². The summed E-state index contributed by atoms with van der Waals surface area (Å²) in [5.41, 5.74) is 35.0. The monoisotopic (exact) mass is 1500 g/mol. The lowest BCUT2D eigenvalue weighted by molar-refractivity contribution is 0.369. The second-order valence-electron chi connectivity index (χ2n) is 34.6. The lowest BCUT2D eigenvalue weighted by Crippen LogP contribution is -2.33. The zero-order chi connectivity index (χ0) is 77.8. The van der Waals surface area contributed by atoms with Gasteiger partial charge >= 0.3 is 0 Å². The van der Waals surface area contributed by atoms with E-state index in [2.05, 4.69) is 319 Å². The van der Waals surface area contributed by atoms with Crippen LogP contribution in [0.5, 0.6) is 0 Å². The Kier molecular flexibility index (Phi) is 20.1. The van der Waals surface area contributed by atoms with Crippen molar-refractivity contribution in [2.75, 3.05) is 4.90 Å². The molecule has 0 unspecified atom stereocenters.